The zero-order valence-electron chi connectivity index (χ0n) is 15.2. The molecule has 1 aliphatic rings. The SMILES string of the molecule is CCCCOc1ccc(CCC2=CCC(CCCC)CC2)cc1. The number of aryl methyl sites for hydroxylation is 1. The lowest BCUT2D eigenvalue weighted by molar-refractivity contribution is 0.309. The van der Waals surface area contributed by atoms with Gasteiger partial charge in [-0.15, -0.1) is 0 Å². The van der Waals surface area contributed by atoms with Crippen molar-refractivity contribution in [1.82, 2.24) is 0 Å². The van der Waals surface area contributed by atoms with E-state index in [0.717, 1.165) is 24.7 Å². The predicted molar refractivity (Wildman–Crippen MR) is 100 cm³/mol. The molecule has 2 rings (SSSR count). The molecule has 23 heavy (non-hydrogen) atoms. The van der Waals surface area contributed by atoms with Crippen LogP contribution in [0, 0.1) is 5.92 Å². The van der Waals surface area contributed by atoms with E-state index >= 15 is 0 Å². The summed E-state index contributed by atoms with van der Waals surface area (Å²) in [5.74, 6) is 1.97. The molecule has 0 saturated heterocycles. The summed E-state index contributed by atoms with van der Waals surface area (Å²) < 4.78 is 5.73. The van der Waals surface area contributed by atoms with Crippen molar-refractivity contribution in [3.63, 3.8) is 0 Å². The molecule has 0 spiro atoms. The van der Waals surface area contributed by atoms with E-state index in [4.69, 9.17) is 4.74 Å². The second-order valence-electron chi connectivity index (χ2n) is 6.99. The van der Waals surface area contributed by atoms with Gasteiger partial charge in [-0.1, -0.05) is 63.3 Å². The maximum absolute atomic E-state index is 5.73. The van der Waals surface area contributed by atoms with Crippen molar-refractivity contribution in [2.24, 2.45) is 5.92 Å². The lowest BCUT2D eigenvalue weighted by atomic mass is 9.84. The minimum Gasteiger partial charge on any atom is -0.494 e. The van der Waals surface area contributed by atoms with Gasteiger partial charge in [0.1, 0.15) is 5.75 Å². The quantitative estimate of drug-likeness (QED) is 0.344. The first-order chi connectivity index (χ1) is 11.3. The maximum Gasteiger partial charge on any atom is 0.119 e. The first kappa shape index (κ1) is 18.1. The molecule has 1 nitrogen and oxygen atoms in total. The maximum atomic E-state index is 5.73. The summed E-state index contributed by atoms with van der Waals surface area (Å²) in [5, 5.41) is 0. The van der Waals surface area contributed by atoms with Crippen molar-refractivity contribution in [3.8, 4) is 5.75 Å². The van der Waals surface area contributed by atoms with Crippen molar-refractivity contribution in [3.05, 3.63) is 41.5 Å². The molecule has 0 amide bonds. The second kappa shape index (κ2) is 10.5. The average Bonchev–Trinajstić information content (AvgIpc) is 2.60. The molecule has 0 N–H and O–H groups in total. The zero-order valence-corrected chi connectivity index (χ0v) is 15.2. The second-order valence-corrected chi connectivity index (χ2v) is 6.99. The van der Waals surface area contributed by atoms with Crippen LogP contribution < -0.4 is 4.74 Å². The zero-order chi connectivity index (χ0) is 16.3. The summed E-state index contributed by atoms with van der Waals surface area (Å²) in [6.45, 7) is 5.32. The summed E-state index contributed by atoms with van der Waals surface area (Å²) in [6.07, 6.45) is 15.5. The Morgan fingerprint density at radius 3 is 2.43 bits per heavy atom. The first-order valence-corrected chi connectivity index (χ1v) is 9.71. The van der Waals surface area contributed by atoms with E-state index in [0.29, 0.717) is 0 Å². The molecular formula is C22H34O. The molecule has 0 radical (unpaired) electrons. The van der Waals surface area contributed by atoms with Crippen LogP contribution in [0.4, 0.5) is 0 Å². The van der Waals surface area contributed by atoms with Gasteiger partial charge in [-0.25, -0.2) is 0 Å². The molecule has 0 aliphatic heterocycles. The minimum atomic E-state index is 0.835. The van der Waals surface area contributed by atoms with Crippen molar-refractivity contribution in [1.29, 1.82) is 0 Å². The largest absolute Gasteiger partial charge is 0.494 e. The van der Waals surface area contributed by atoms with E-state index in [9.17, 15) is 0 Å². The summed E-state index contributed by atoms with van der Waals surface area (Å²) in [4.78, 5) is 0. The normalized spacial score (nSPS) is 17.8. The minimum absolute atomic E-state index is 0.835. The summed E-state index contributed by atoms with van der Waals surface area (Å²) in [6, 6.07) is 8.71. The van der Waals surface area contributed by atoms with Crippen LogP contribution in [0.1, 0.15) is 77.2 Å². The van der Waals surface area contributed by atoms with Gasteiger partial charge in [-0.3, -0.25) is 0 Å². The fourth-order valence-corrected chi connectivity index (χ4v) is 3.32. The molecule has 1 atom stereocenters. The Kier molecular flexibility index (Phi) is 8.28. The molecule has 0 fully saturated rings. The number of hydrogen-bond acceptors (Lipinski definition) is 1. The Hall–Kier alpha value is -1.24. The number of unbranched alkanes of at least 4 members (excludes halogenated alkanes) is 2. The Balaban J connectivity index is 1.70. The molecule has 1 aliphatic carbocycles. The Morgan fingerprint density at radius 1 is 1.00 bits per heavy atom. The summed E-state index contributed by atoms with van der Waals surface area (Å²) in [7, 11) is 0. The van der Waals surface area contributed by atoms with Gasteiger partial charge in [-0.05, 0) is 62.1 Å². The lowest BCUT2D eigenvalue weighted by Gasteiger charge is -2.21. The van der Waals surface area contributed by atoms with Gasteiger partial charge < -0.3 is 4.74 Å². The fraction of sp³-hybridized carbons (Fsp3) is 0.636. The monoisotopic (exact) mass is 314 g/mol. The third-order valence-electron chi connectivity index (χ3n) is 5.00. The van der Waals surface area contributed by atoms with E-state index in [1.807, 2.05) is 0 Å². The Morgan fingerprint density at radius 2 is 1.78 bits per heavy atom. The highest BCUT2D eigenvalue weighted by molar-refractivity contribution is 5.28. The molecule has 1 aromatic carbocycles. The molecule has 1 aromatic rings. The van der Waals surface area contributed by atoms with Gasteiger partial charge in [0.05, 0.1) is 6.61 Å². The fourth-order valence-electron chi connectivity index (χ4n) is 3.32. The number of allylic oxidation sites excluding steroid dienone is 2. The predicted octanol–water partition coefficient (Wildman–Crippen LogP) is 6.71. The number of rotatable bonds is 10. The van der Waals surface area contributed by atoms with Crippen molar-refractivity contribution in [2.45, 2.75) is 78.1 Å². The van der Waals surface area contributed by atoms with Gasteiger partial charge in [0.15, 0.2) is 0 Å². The van der Waals surface area contributed by atoms with Crippen LogP contribution in [0.5, 0.6) is 5.75 Å². The average molecular weight is 315 g/mol. The Labute approximate surface area is 143 Å². The van der Waals surface area contributed by atoms with Crippen LogP contribution in [0.15, 0.2) is 35.9 Å². The number of ether oxygens (including phenoxy) is 1. The third-order valence-corrected chi connectivity index (χ3v) is 5.00. The number of hydrogen-bond donors (Lipinski definition) is 0. The van der Waals surface area contributed by atoms with Crippen molar-refractivity contribution in [2.75, 3.05) is 6.61 Å². The summed E-state index contributed by atoms with van der Waals surface area (Å²) >= 11 is 0. The number of benzene rings is 1. The van der Waals surface area contributed by atoms with Crippen LogP contribution in [0.2, 0.25) is 0 Å². The molecule has 0 bridgehead atoms. The summed E-state index contributed by atoms with van der Waals surface area (Å²) in [5.41, 5.74) is 3.11. The van der Waals surface area contributed by atoms with Crippen molar-refractivity contribution < 1.29 is 4.74 Å². The van der Waals surface area contributed by atoms with E-state index in [2.05, 4.69) is 44.2 Å². The van der Waals surface area contributed by atoms with Crippen LogP contribution in [0.25, 0.3) is 0 Å². The van der Waals surface area contributed by atoms with Gasteiger partial charge in [-0.2, -0.15) is 0 Å². The van der Waals surface area contributed by atoms with Gasteiger partial charge >= 0.3 is 0 Å². The highest BCUT2D eigenvalue weighted by Crippen LogP contribution is 2.29. The standard InChI is InChI=1S/C22H34O/c1-3-5-7-19-8-10-20(11-9-19)12-13-21-14-16-22(17-15-21)23-18-6-4-2/h10,14-17,19H,3-9,11-13,18H2,1-2H3. The molecule has 1 heteroatoms. The molecule has 0 heterocycles. The topological polar surface area (TPSA) is 9.23 Å². The molecule has 1 unspecified atom stereocenters. The molecule has 0 saturated carbocycles. The van der Waals surface area contributed by atoms with E-state index in [-0.39, 0.29) is 0 Å². The van der Waals surface area contributed by atoms with Crippen LogP contribution in [0.3, 0.4) is 0 Å². The van der Waals surface area contributed by atoms with E-state index in [1.165, 1.54) is 63.4 Å². The van der Waals surface area contributed by atoms with Crippen LogP contribution >= 0.6 is 0 Å². The highest BCUT2D eigenvalue weighted by atomic mass is 16.5. The van der Waals surface area contributed by atoms with Gasteiger partial charge in [0.25, 0.3) is 0 Å². The Bertz CT molecular complexity index is 457. The van der Waals surface area contributed by atoms with Gasteiger partial charge in [0.2, 0.25) is 0 Å². The third kappa shape index (κ3) is 6.81. The molecular weight excluding hydrogens is 280 g/mol. The van der Waals surface area contributed by atoms with Crippen LogP contribution in [-0.2, 0) is 6.42 Å². The van der Waals surface area contributed by atoms with E-state index in [1.54, 1.807) is 5.57 Å². The molecule has 0 aromatic heterocycles. The van der Waals surface area contributed by atoms with Crippen molar-refractivity contribution >= 4 is 0 Å². The smallest absolute Gasteiger partial charge is 0.119 e. The van der Waals surface area contributed by atoms with Crippen LogP contribution in [-0.4, -0.2) is 6.61 Å². The molecule has 128 valence electrons. The first-order valence-electron chi connectivity index (χ1n) is 9.71. The highest BCUT2D eigenvalue weighted by Gasteiger charge is 2.13. The van der Waals surface area contributed by atoms with Gasteiger partial charge in [0, 0.05) is 0 Å². The lowest BCUT2D eigenvalue weighted by Crippen LogP contribution is -2.06. The van der Waals surface area contributed by atoms with E-state index < -0.39 is 0 Å².